The zero-order valence-corrected chi connectivity index (χ0v) is 12.0. The highest BCUT2D eigenvalue weighted by molar-refractivity contribution is 5.93. The minimum atomic E-state index is -1.43. The molecule has 6 nitrogen and oxygen atoms in total. The lowest BCUT2D eigenvalue weighted by Gasteiger charge is -2.34. The third kappa shape index (κ3) is 3.48. The van der Waals surface area contributed by atoms with Crippen LogP contribution in [0.15, 0.2) is 18.2 Å². The number of nitrogens with one attached hydrogen (secondary N) is 1. The van der Waals surface area contributed by atoms with Gasteiger partial charge in [0.15, 0.2) is 0 Å². The van der Waals surface area contributed by atoms with Gasteiger partial charge in [0.05, 0.1) is 17.3 Å². The summed E-state index contributed by atoms with van der Waals surface area (Å²) in [6.07, 6.45) is 0. The third-order valence-electron chi connectivity index (χ3n) is 3.10. The first kappa shape index (κ1) is 16.4. The zero-order chi connectivity index (χ0) is 16.2. The molecule has 1 aromatic rings. The second-order valence-corrected chi connectivity index (χ2v) is 4.85. The van der Waals surface area contributed by atoms with Crippen LogP contribution in [0.2, 0.25) is 0 Å². The highest BCUT2D eigenvalue weighted by Gasteiger charge is 2.37. The SMILES string of the molecule is CCN(C(=O)Nc1ccc(C#N)cc1F)C(C)(C)C(=O)O. The normalized spacial score (nSPS) is 10.6. The van der Waals surface area contributed by atoms with Gasteiger partial charge in [0.1, 0.15) is 11.4 Å². The Bertz CT molecular complexity index is 608. The Morgan fingerprint density at radius 1 is 1.48 bits per heavy atom. The van der Waals surface area contributed by atoms with Crippen molar-refractivity contribution in [2.24, 2.45) is 0 Å². The summed E-state index contributed by atoms with van der Waals surface area (Å²) in [4.78, 5) is 24.4. The number of aliphatic carboxylic acids is 1. The van der Waals surface area contributed by atoms with Crippen LogP contribution in [0.4, 0.5) is 14.9 Å². The van der Waals surface area contributed by atoms with Gasteiger partial charge in [-0.05, 0) is 39.0 Å². The minimum absolute atomic E-state index is 0.112. The molecule has 0 aromatic heterocycles. The number of anilines is 1. The number of carboxylic acids is 1. The Hall–Kier alpha value is -2.62. The fourth-order valence-electron chi connectivity index (χ4n) is 1.78. The van der Waals surface area contributed by atoms with Gasteiger partial charge in [0, 0.05) is 6.54 Å². The van der Waals surface area contributed by atoms with Crippen LogP contribution in [0, 0.1) is 17.1 Å². The van der Waals surface area contributed by atoms with E-state index in [9.17, 15) is 14.0 Å². The molecule has 0 heterocycles. The van der Waals surface area contributed by atoms with Crippen LogP contribution in [0.3, 0.4) is 0 Å². The van der Waals surface area contributed by atoms with Crippen LogP contribution in [0.25, 0.3) is 0 Å². The molecule has 112 valence electrons. The van der Waals surface area contributed by atoms with E-state index in [1.807, 2.05) is 0 Å². The highest BCUT2D eigenvalue weighted by atomic mass is 19.1. The smallest absolute Gasteiger partial charge is 0.329 e. The number of hydrogen-bond acceptors (Lipinski definition) is 3. The van der Waals surface area contributed by atoms with Gasteiger partial charge in [-0.1, -0.05) is 0 Å². The first-order valence-electron chi connectivity index (χ1n) is 6.25. The number of amides is 2. The Morgan fingerprint density at radius 3 is 2.52 bits per heavy atom. The van der Waals surface area contributed by atoms with Crippen LogP contribution in [0.1, 0.15) is 26.3 Å². The summed E-state index contributed by atoms with van der Waals surface area (Å²) >= 11 is 0. The van der Waals surface area contributed by atoms with Crippen molar-refractivity contribution in [3.8, 4) is 6.07 Å². The summed E-state index contributed by atoms with van der Waals surface area (Å²) in [5.74, 6) is -1.92. The molecule has 0 radical (unpaired) electrons. The maximum Gasteiger partial charge on any atom is 0.329 e. The van der Waals surface area contributed by atoms with E-state index in [1.54, 1.807) is 13.0 Å². The average molecular weight is 293 g/mol. The number of carboxylic acid groups (broad SMARTS) is 1. The van der Waals surface area contributed by atoms with E-state index in [-0.39, 0.29) is 17.8 Å². The molecule has 0 bridgehead atoms. The number of rotatable bonds is 4. The van der Waals surface area contributed by atoms with E-state index < -0.39 is 23.4 Å². The van der Waals surface area contributed by atoms with E-state index in [2.05, 4.69) is 5.32 Å². The highest BCUT2D eigenvalue weighted by Crippen LogP contribution is 2.19. The van der Waals surface area contributed by atoms with Crippen molar-refractivity contribution in [2.45, 2.75) is 26.3 Å². The monoisotopic (exact) mass is 293 g/mol. The molecule has 0 unspecified atom stereocenters. The molecule has 2 N–H and O–H groups in total. The van der Waals surface area contributed by atoms with Gasteiger partial charge in [-0.25, -0.2) is 14.0 Å². The quantitative estimate of drug-likeness (QED) is 0.891. The van der Waals surface area contributed by atoms with Crippen molar-refractivity contribution in [3.05, 3.63) is 29.6 Å². The van der Waals surface area contributed by atoms with Gasteiger partial charge in [0.2, 0.25) is 0 Å². The fraction of sp³-hybridized carbons (Fsp3) is 0.357. The lowest BCUT2D eigenvalue weighted by Crippen LogP contribution is -2.54. The third-order valence-corrected chi connectivity index (χ3v) is 3.10. The van der Waals surface area contributed by atoms with Crippen LogP contribution in [-0.4, -0.2) is 34.1 Å². The van der Waals surface area contributed by atoms with Crippen LogP contribution in [-0.2, 0) is 4.79 Å². The molecule has 1 aromatic carbocycles. The lowest BCUT2D eigenvalue weighted by molar-refractivity contribution is -0.147. The zero-order valence-electron chi connectivity index (χ0n) is 12.0. The summed E-state index contributed by atoms with van der Waals surface area (Å²) in [6.45, 7) is 4.53. The molecule has 0 aliphatic heterocycles. The number of urea groups is 1. The van der Waals surface area contributed by atoms with Crippen molar-refractivity contribution in [3.63, 3.8) is 0 Å². The van der Waals surface area contributed by atoms with Crippen LogP contribution < -0.4 is 5.32 Å². The number of hydrogen-bond donors (Lipinski definition) is 2. The van der Waals surface area contributed by atoms with E-state index >= 15 is 0 Å². The molecule has 0 spiro atoms. The van der Waals surface area contributed by atoms with Gasteiger partial charge >= 0.3 is 12.0 Å². The number of nitrogens with zero attached hydrogens (tertiary/aromatic N) is 2. The first-order valence-corrected chi connectivity index (χ1v) is 6.25. The predicted molar refractivity (Wildman–Crippen MR) is 74.2 cm³/mol. The lowest BCUT2D eigenvalue weighted by atomic mass is 10.0. The van der Waals surface area contributed by atoms with Crippen LogP contribution >= 0.6 is 0 Å². The maximum absolute atomic E-state index is 13.7. The Morgan fingerprint density at radius 2 is 2.10 bits per heavy atom. The summed E-state index contributed by atoms with van der Waals surface area (Å²) in [7, 11) is 0. The molecule has 21 heavy (non-hydrogen) atoms. The number of carbonyl (C=O) groups excluding carboxylic acids is 1. The maximum atomic E-state index is 13.7. The number of nitriles is 1. The molecule has 0 aliphatic rings. The first-order chi connectivity index (χ1) is 9.73. The van der Waals surface area contributed by atoms with Gasteiger partial charge in [-0.2, -0.15) is 5.26 Å². The standard InChI is InChI=1S/C14H16FN3O3/c1-4-18(14(2,3)12(19)20)13(21)17-11-6-5-9(8-16)7-10(11)15/h5-7H,4H2,1-3H3,(H,17,21)(H,19,20). The van der Waals surface area contributed by atoms with Gasteiger partial charge < -0.3 is 15.3 Å². The number of halogens is 1. The van der Waals surface area contributed by atoms with E-state index in [0.717, 1.165) is 11.0 Å². The molecule has 2 amide bonds. The predicted octanol–water partition coefficient (Wildman–Crippen LogP) is 2.41. The van der Waals surface area contributed by atoms with Gasteiger partial charge in [0.25, 0.3) is 0 Å². The summed E-state index contributed by atoms with van der Waals surface area (Å²) in [5.41, 5.74) is -1.41. The molecule has 1 rings (SSSR count). The molecule has 0 fully saturated rings. The van der Waals surface area contributed by atoms with Crippen molar-refractivity contribution in [1.29, 1.82) is 5.26 Å². The number of likely N-dealkylation sites (N-methyl/N-ethyl adjacent to an activating group) is 1. The van der Waals surface area contributed by atoms with Crippen molar-refractivity contribution < 1.29 is 19.1 Å². The molecule has 0 aliphatic carbocycles. The summed E-state index contributed by atoms with van der Waals surface area (Å²) in [5, 5.41) is 20.1. The summed E-state index contributed by atoms with van der Waals surface area (Å²) < 4.78 is 13.7. The largest absolute Gasteiger partial charge is 0.480 e. The Labute approximate surface area is 121 Å². The molecule has 0 saturated carbocycles. The molecular formula is C14H16FN3O3. The van der Waals surface area contributed by atoms with Gasteiger partial charge in [-0.15, -0.1) is 0 Å². The molecule has 7 heteroatoms. The second-order valence-electron chi connectivity index (χ2n) is 4.85. The Balaban J connectivity index is 2.99. The van der Waals surface area contributed by atoms with Crippen molar-refractivity contribution >= 4 is 17.7 Å². The fourth-order valence-corrected chi connectivity index (χ4v) is 1.78. The molecule has 0 atom stereocenters. The molecular weight excluding hydrogens is 277 g/mol. The number of benzene rings is 1. The Kier molecular flexibility index (Phi) is 4.87. The van der Waals surface area contributed by atoms with Crippen molar-refractivity contribution in [2.75, 3.05) is 11.9 Å². The topological polar surface area (TPSA) is 93.4 Å². The number of carbonyl (C=O) groups is 2. The van der Waals surface area contributed by atoms with E-state index in [4.69, 9.17) is 10.4 Å². The van der Waals surface area contributed by atoms with Gasteiger partial charge in [-0.3, -0.25) is 0 Å². The van der Waals surface area contributed by atoms with Crippen LogP contribution in [0.5, 0.6) is 0 Å². The average Bonchev–Trinajstić information content (AvgIpc) is 2.41. The van der Waals surface area contributed by atoms with E-state index in [0.29, 0.717) is 0 Å². The minimum Gasteiger partial charge on any atom is -0.480 e. The summed E-state index contributed by atoms with van der Waals surface area (Å²) in [6, 6.07) is 4.66. The van der Waals surface area contributed by atoms with Crippen molar-refractivity contribution in [1.82, 2.24) is 4.90 Å². The van der Waals surface area contributed by atoms with E-state index in [1.165, 1.54) is 26.0 Å². The second kappa shape index (κ2) is 6.22. The molecule has 0 saturated heterocycles.